The second kappa shape index (κ2) is 8.96. The van der Waals surface area contributed by atoms with Gasteiger partial charge in [-0.05, 0) is 19.9 Å². The fourth-order valence-corrected chi connectivity index (χ4v) is 1.76. The topological polar surface area (TPSA) is 151 Å². The molecule has 1 rings (SSSR count). The van der Waals surface area contributed by atoms with Crippen LogP contribution in [0.1, 0.15) is 13.8 Å². The molecule has 0 fully saturated rings. The molecule has 1 aromatic rings. The van der Waals surface area contributed by atoms with Gasteiger partial charge in [0.05, 0.1) is 23.1 Å². The highest BCUT2D eigenvalue weighted by molar-refractivity contribution is 6.14. The summed E-state index contributed by atoms with van der Waals surface area (Å²) in [6, 6.07) is 3.37. The number of nitro benzene ring substituents is 2. The number of rotatable bonds is 8. The number of benzene rings is 1. The first-order chi connectivity index (χ1) is 11.8. The van der Waals surface area contributed by atoms with Crippen molar-refractivity contribution in [1.29, 1.82) is 0 Å². The van der Waals surface area contributed by atoms with E-state index in [4.69, 9.17) is 9.47 Å². The molecule has 0 aromatic heterocycles. The number of ether oxygens (including phenoxy) is 2. The lowest BCUT2D eigenvalue weighted by atomic mass is 10.2. The van der Waals surface area contributed by atoms with Gasteiger partial charge in [-0.3, -0.25) is 20.2 Å². The number of anilines is 1. The highest BCUT2D eigenvalue weighted by Gasteiger charge is 2.28. The van der Waals surface area contributed by atoms with Crippen molar-refractivity contribution in [3.63, 3.8) is 0 Å². The summed E-state index contributed by atoms with van der Waals surface area (Å²) in [5.41, 5.74) is -2.36. The van der Waals surface area contributed by atoms with Crippen molar-refractivity contribution in [2.75, 3.05) is 18.5 Å². The zero-order valence-corrected chi connectivity index (χ0v) is 13.4. The molecular formula is C14H15N3O8. The van der Waals surface area contributed by atoms with E-state index >= 15 is 0 Å². The first kappa shape index (κ1) is 19.5. The van der Waals surface area contributed by atoms with Crippen molar-refractivity contribution in [2.45, 2.75) is 13.8 Å². The third-order valence-electron chi connectivity index (χ3n) is 2.76. The van der Waals surface area contributed by atoms with Crippen molar-refractivity contribution in [3.05, 3.63) is 50.2 Å². The van der Waals surface area contributed by atoms with Gasteiger partial charge in [0.15, 0.2) is 5.57 Å². The predicted octanol–water partition coefficient (Wildman–Crippen LogP) is 1.92. The summed E-state index contributed by atoms with van der Waals surface area (Å²) in [7, 11) is 0. The van der Waals surface area contributed by atoms with Gasteiger partial charge < -0.3 is 14.8 Å². The lowest BCUT2D eigenvalue weighted by Crippen LogP contribution is -2.19. The van der Waals surface area contributed by atoms with Gasteiger partial charge in [-0.15, -0.1) is 0 Å². The number of carbonyl (C=O) groups excluding carboxylic acids is 2. The van der Waals surface area contributed by atoms with E-state index in [1.165, 1.54) is 26.0 Å². The Morgan fingerprint density at radius 1 is 1.08 bits per heavy atom. The molecule has 11 heteroatoms. The maximum absolute atomic E-state index is 11.8. The molecule has 0 heterocycles. The quantitative estimate of drug-likeness (QED) is 0.184. The lowest BCUT2D eigenvalue weighted by molar-refractivity contribution is -0.421. The van der Waals surface area contributed by atoms with Gasteiger partial charge >= 0.3 is 23.3 Å². The smallest absolute Gasteiger partial charge is 0.369 e. The molecule has 1 N–H and O–H groups in total. The van der Waals surface area contributed by atoms with Gasteiger partial charge in [0.25, 0.3) is 0 Å². The predicted molar refractivity (Wildman–Crippen MR) is 84.7 cm³/mol. The minimum atomic E-state index is -0.999. The summed E-state index contributed by atoms with van der Waals surface area (Å²) in [5.74, 6) is -2.00. The molecule has 0 spiro atoms. The van der Waals surface area contributed by atoms with Gasteiger partial charge in [-0.25, -0.2) is 9.59 Å². The number of nitro groups is 2. The summed E-state index contributed by atoms with van der Waals surface area (Å²) < 4.78 is 9.42. The molecule has 0 radical (unpaired) electrons. The molecule has 0 saturated heterocycles. The lowest BCUT2D eigenvalue weighted by Gasteiger charge is -2.08. The highest BCUT2D eigenvalue weighted by Crippen LogP contribution is 2.34. The normalized spacial score (nSPS) is 9.68. The number of esters is 2. The number of carbonyl (C=O) groups is 2. The van der Waals surface area contributed by atoms with Crippen LogP contribution in [0.15, 0.2) is 30.0 Å². The maximum atomic E-state index is 11.8. The summed E-state index contributed by atoms with van der Waals surface area (Å²) in [6.45, 7) is 3.04. The van der Waals surface area contributed by atoms with Crippen LogP contribution in [0.2, 0.25) is 0 Å². The van der Waals surface area contributed by atoms with Crippen LogP contribution in [0.5, 0.6) is 0 Å². The van der Waals surface area contributed by atoms with E-state index in [1.807, 2.05) is 0 Å². The fraction of sp³-hybridized carbons (Fsp3) is 0.286. The monoisotopic (exact) mass is 353 g/mol. The molecule has 0 aliphatic carbocycles. The van der Waals surface area contributed by atoms with E-state index in [1.54, 1.807) is 0 Å². The van der Waals surface area contributed by atoms with Crippen LogP contribution < -0.4 is 5.32 Å². The average Bonchev–Trinajstić information content (AvgIpc) is 2.54. The van der Waals surface area contributed by atoms with Crippen molar-refractivity contribution in [3.8, 4) is 0 Å². The Morgan fingerprint density at radius 2 is 1.64 bits per heavy atom. The molecule has 0 bridgehead atoms. The highest BCUT2D eigenvalue weighted by atomic mass is 16.6. The van der Waals surface area contributed by atoms with Crippen LogP contribution in [0.3, 0.4) is 0 Å². The van der Waals surface area contributed by atoms with Crippen molar-refractivity contribution in [2.24, 2.45) is 0 Å². The molecule has 0 aliphatic rings. The second-order valence-corrected chi connectivity index (χ2v) is 4.33. The molecule has 0 unspecified atom stereocenters. The zero-order valence-electron chi connectivity index (χ0n) is 13.4. The molecule has 0 saturated carbocycles. The minimum Gasteiger partial charge on any atom is -0.462 e. The first-order valence-electron chi connectivity index (χ1n) is 7.06. The van der Waals surface area contributed by atoms with Gasteiger partial charge in [-0.2, -0.15) is 0 Å². The fourth-order valence-electron chi connectivity index (χ4n) is 1.76. The summed E-state index contributed by atoms with van der Waals surface area (Å²) in [6.07, 6.45) is 0.849. The Balaban J connectivity index is 3.29. The van der Waals surface area contributed by atoms with E-state index < -0.39 is 38.7 Å². The maximum Gasteiger partial charge on any atom is 0.369 e. The standard InChI is InChI=1S/C14H15N3O8/c1-3-24-13(18)9(14(19)25-4-2)8-15-10-6-5-7-11(16(20)21)12(10)17(22)23/h5-8,15H,3-4H2,1-2H3. The van der Waals surface area contributed by atoms with Crippen LogP contribution in [-0.4, -0.2) is 35.0 Å². The Labute approximate surface area is 141 Å². The van der Waals surface area contributed by atoms with E-state index in [0.29, 0.717) is 0 Å². The number of nitrogens with zero attached hydrogens (tertiary/aromatic N) is 2. The van der Waals surface area contributed by atoms with E-state index in [0.717, 1.165) is 12.3 Å². The van der Waals surface area contributed by atoms with Gasteiger partial charge in [0.1, 0.15) is 5.69 Å². The Kier molecular flexibility index (Phi) is 7.00. The Morgan fingerprint density at radius 3 is 2.08 bits per heavy atom. The molecule has 134 valence electrons. The van der Waals surface area contributed by atoms with Gasteiger partial charge in [-0.1, -0.05) is 6.07 Å². The molecule has 25 heavy (non-hydrogen) atoms. The van der Waals surface area contributed by atoms with Crippen molar-refractivity contribution >= 4 is 29.0 Å². The third-order valence-corrected chi connectivity index (χ3v) is 2.76. The molecular weight excluding hydrogens is 338 g/mol. The number of nitrogens with one attached hydrogen (secondary N) is 1. The molecule has 11 nitrogen and oxygen atoms in total. The number of hydrogen-bond acceptors (Lipinski definition) is 9. The Bertz CT molecular complexity index is 709. The molecule has 1 aromatic carbocycles. The summed E-state index contributed by atoms with van der Waals surface area (Å²) in [4.78, 5) is 43.8. The molecule has 0 atom stereocenters. The van der Waals surface area contributed by atoms with Crippen LogP contribution in [0.25, 0.3) is 0 Å². The second-order valence-electron chi connectivity index (χ2n) is 4.33. The zero-order chi connectivity index (χ0) is 19.0. The third kappa shape index (κ3) is 4.99. The Hall–Kier alpha value is -3.50. The van der Waals surface area contributed by atoms with E-state index in [-0.39, 0.29) is 18.9 Å². The van der Waals surface area contributed by atoms with Gasteiger partial charge in [0, 0.05) is 12.3 Å². The average molecular weight is 353 g/mol. The van der Waals surface area contributed by atoms with E-state index in [2.05, 4.69) is 5.32 Å². The van der Waals surface area contributed by atoms with E-state index in [9.17, 15) is 29.8 Å². The van der Waals surface area contributed by atoms with Crippen LogP contribution in [-0.2, 0) is 19.1 Å². The number of hydrogen-bond donors (Lipinski definition) is 1. The van der Waals surface area contributed by atoms with Crippen molar-refractivity contribution < 1.29 is 28.9 Å². The van der Waals surface area contributed by atoms with Gasteiger partial charge in [0.2, 0.25) is 0 Å². The van der Waals surface area contributed by atoms with Crippen LogP contribution in [0, 0.1) is 20.2 Å². The van der Waals surface area contributed by atoms with Crippen molar-refractivity contribution in [1.82, 2.24) is 0 Å². The first-order valence-corrected chi connectivity index (χ1v) is 7.06. The summed E-state index contributed by atoms with van der Waals surface area (Å²) >= 11 is 0. The molecule has 0 aliphatic heterocycles. The largest absolute Gasteiger partial charge is 0.462 e. The summed E-state index contributed by atoms with van der Waals surface area (Å²) in [5, 5.41) is 24.4. The molecule has 0 amide bonds. The van der Waals surface area contributed by atoms with Crippen LogP contribution in [0.4, 0.5) is 17.1 Å². The SMILES string of the molecule is CCOC(=O)C(=CNc1cccc([N+](=O)[O-])c1[N+](=O)[O-])C(=O)OCC. The number of para-hydroxylation sites is 1. The minimum absolute atomic E-state index is 0.00741. The van der Waals surface area contributed by atoms with Crippen LogP contribution >= 0.6 is 0 Å².